The highest BCUT2D eigenvalue weighted by Gasteiger charge is 2.31. The van der Waals surface area contributed by atoms with E-state index in [0.29, 0.717) is 21.5 Å². The van der Waals surface area contributed by atoms with Crippen molar-refractivity contribution < 1.29 is 22.7 Å². The first-order valence-electron chi connectivity index (χ1n) is 7.38. The molecule has 2 heterocycles. The van der Waals surface area contributed by atoms with E-state index in [4.69, 9.17) is 4.74 Å². The zero-order valence-corrected chi connectivity index (χ0v) is 15.1. The quantitative estimate of drug-likeness (QED) is 0.572. The molecular formula is C17H14ClF3N2O2S. The smallest absolute Gasteiger partial charge is 0.416 e. The fraction of sp³-hybridized carbons (Fsp3) is 0.176. The molecule has 9 heteroatoms. The van der Waals surface area contributed by atoms with E-state index >= 15 is 0 Å². The van der Waals surface area contributed by atoms with Crippen LogP contribution in [0.1, 0.15) is 22.2 Å². The first-order valence-corrected chi connectivity index (χ1v) is 8.19. The van der Waals surface area contributed by atoms with Crippen LogP contribution < -0.4 is 5.32 Å². The van der Waals surface area contributed by atoms with E-state index in [1.807, 2.05) is 0 Å². The maximum atomic E-state index is 12.9. The molecule has 0 unspecified atom stereocenters. The summed E-state index contributed by atoms with van der Waals surface area (Å²) in [4.78, 5) is 16.4. The SMILES string of the molecule is CCOC(=O)c1sc2cc(C(F)(F)F)ccc2c1Nc1ccncc1.Cl. The topological polar surface area (TPSA) is 51.2 Å². The van der Waals surface area contributed by atoms with E-state index in [1.54, 1.807) is 31.5 Å². The average Bonchev–Trinajstić information content (AvgIpc) is 2.93. The van der Waals surface area contributed by atoms with Gasteiger partial charge in [0.2, 0.25) is 0 Å². The number of benzene rings is 1. The molecule has 0 fully saturated rings. The second-order valence-corrected chi connectivity index (χ2v) is 6.15. The number of fused-ring (bicyclic) bond motifs is 1. The summed E-state index contributed by atoms with van der Waals surface area (Å²) in [5.74, 6) is -0.575. The Morgan fingerprint density at radius 1 is 1.23 bits per heavy atom. The first-order chi connectivity index (χ1) is 11.9. The van der Waals surface area contributed by atoms with Gasteiger partial charge < -0.3 is 10.1 Å². The van der Waals surface area contributed by atoms with Crippen molar-refractivity contribution in [1.29, 1.82) is 0 Å². The van der Waals surface area contributed by atoms with Crippen molar-refractivity contribution in [3.05, 3.63) is 53.2 Å². The van der Waals surface area contributed by atoms with Gasteiger partial charge in [-0.2, -0.15) is 13.2 Å². The molecule has 3 rings (SSSR count). The molecule has 4 nitrogen and oxygen atoms in total. The van der Waals surface area contributed by atoms with Gasteiger partial charge in [-0.3, -0.25) is 4.98 Å². The minimum absolute atomic E-state index is 0. The Morgan fingerprint density at radius 2 is 1.92 bits per heavy atom. The standard InChI is InChI=1S/C17H13F3N2O2S.ClH/c1-2-24-16(23)15-14(22-11-5-7-21-8-6-11)12-4-3-10(17(18,19)20)9-13(12)25-15;/h3-9H,2H2,1H3,(H,21,22);1H. The number of aromatic nitrogens is 1. The molecular weight excluding hydrogens is 389 g/mol. The third-order valence-corrected chi connectivity index (χ3v) is 4.56. The number of alkyl halides is 3. The first kappa shape index (κ1) is 20.0. The lowest BCUT2D eigenvalue weighted by molar-refractivity contribution is -0.137. The zero-order chi connectivity index (χ0) is 18.0. The Morgan fingerprint density at radius 3 is 2.54 bits per heavy atom. The minimum atomic E-state index is -4.44. The van der Waals surface area contributed by atoms with Gasteiger partial charge in [0.25, 0.3) is 0 Å². The molecule has 0 saturated heterocycles. The van der Waals surface area contributed by atoms with Crippen LogP contribution in [0.15, 0.2) is 42.7 Å². The van der Waals surface area contributed by atoms with E-state index in [0.717, 1.165) is 23.5 Å². The average molecular weight is 403 g/mol. The van der Waals surface area contributed by atoms with Crippen LogP contribution in [0.3, 0.4) is 0 Å². The number of carbonyl (C=O) groups excluding carboxylic acids is 1. The van der Waals surface area contributed by atoms with E-state index in [9.17, 15) is 18.0 Å². The van der Waals surface area contributed by atoms with E-state index in [-0.39, 0.29) is 23.9 Å². The number of thiophene rings is 1. The number of anilines is 2. The summed E-state index contributed by atoms with van der Waals surface area (Å²) in [6.07, 6.45) is -1.30. The highest BCUT2D eigenvalue weighted by atomic mass is 35.5. The largest absolute Gasteiger partial charge is 0.462 e. The van der Waals surface area contributed by atoms with Crippen molar-refractivity contribution in [3.63, 3.8) is 0 Å². The predicted molar refractivity (Wildman–Crippen MR) is 97.6 cm³/mol. The second-order valence-electron chi connectivity index (χ2n) is 5.10. The van der Waals surface area contributed by atoms with Gasteiger partial charge in [0.05, 0.1) is 17.9 Å². The Hall–Kier alpha value is -2.32. The maximum Gasteiger partial charge on any atom is 0.416 e. The Bertz CT molecular complexity index is 914. The van der Waals surface area contributed by atoms with Crippen molar-refractivity contribution in [2.75, 3.05) is 11.9 Å². The molecule has 1 aromatic carbocycles. The van der Waals surface area contributed by atoms with Crippen LogP contribution in [-0.4, -0.2) is 17.6 Å². The molecule has 0 radical (unpaired) electrons. The third-order valence-electron chi connectivity index (χ3n) is 3.43. The molecule has 3 aromatic rings. The number of esters is 1. The van der Waals surface area contributed by atoms with Gasteiger partial charge in [-0.25, -0.2) is 4.79 Å². The van der Waals surface area contributed by atoms with Crippen LogP contribution in [0.25, 0.3) is 10.1 Å². The van der Waals surface area contributed by atoms with Crippen molar-refractivity contribution in [3.8, 4) is 0 Å². The molecule has 2 aromatic heterocycles. The van der Waals surface area contributed by atoms with Crippen LogP contribution >= 0.6 is 23.7 Å². The van der Waals surface area contributed by atoms with E-state index < -0.39 is 17.7 Å². The number of nitrogens with one attached hydrogen (secondary N) is 1. The Kier molecular flexibility index (Phi) is 6.09. The van der Waals surface area contributed by atoms with E-state index in [2.05, 4.69) is 10.3 Å². The van der Waals surface area contributed by atoms with Gasteiger partial charge in [0, 0.05) is 28.2 Å². The summed E-state index contributed by atoms with van der Waals surface area (Å²) >= 11 is 0.969. The summed E-state index contributed by atoms with van der Waals surface area (Å²) in [6.45, 7) is 1.85. The van der Waals surface area contributed by atoms with E-state index in [1.165, 1.54) is 6.07 Å². The van der Waals surface area contributed by atoms with Crippen LogP contribution in [0, 0.1) is 0 Å². The summed E-state index contributed by atoms with van der Waals surface area (Å²) in [5.41, 5.74) is 0.339. The fourth-order valence-corrected chi connectivity index (χ4v) is 3.41. The fourth-order valence-electron chi connectivity index (χ4n) is 2.32. The lowest BCUT2D eigenvalue weighted by Gasteiger charge is -2.09. The molecule has 0 saturated carbocycles. The van der Waals surface area contributed by atoms with Crippen molar-refractivity contribution in [2.45, 2.75) is 13.1 Å². The predicted octanol–water partition coefficient (Wildman–Crippen LogP) is 5.66. The molecule has 0 aliphatic carbocycles. The van der Waals surface area contributed by atoms with Crippen molar-refractivity contribution in [2.24, 2.45) is 0 Å². The Balaban J connectivity index is 0.00000243. The van der Waals surface area contributed by atoms with Crippen LogP contribution in [0.5, 0.6) is 0 Å². The summed E-state index contributed by atoms with van der Waals surface area (Å²) in [7, 11) is 0. The molecule has 138 valence electrons. The second kappa shape index (κ2) is 7.92. The van der Waals surface area contributed by atoms with Gasteiger partial charge in [0.1, 0.15) is 4.88 Å². The van der Waals surface area contributed by atoms with Crippen molar-refractivity contribution >= 4 is 51.2 Å². The number of nitrogens with zero attached hydrogens (tertiary/aromatic N) is 1. The number of rotatable bonds is 4. The molecule has 1 N–H and O–H groups in total. The third kappa shape index (κ3) is 4.08. The lowest BCUT2D eigenvalue weighted by Crippen LogP contribution is -2.05. The number of carbonyl (C=O) groups is 1. The molecule has 0 aliphatic rings. The van der Waals surface area contributed by atoms with Crippen LogP contribution in [0.4, 0.5) is 24.5 Å². The van der Waals surface area contributed by atoms with Gasteiger partial charge in [-0.1, -0.05) is 6.07 Å². The molecule has 0 atom stereocenters. The van der Waals surface area contributed by atoms with Crippen molar-refractivity contribution in [1.82, 2.24) is 4.98 Å². The van der Waals surface area contributed by atoms with Gasteiger partial charge >= 0.3 is 12.1 Å². The Labute approximate surface area is 157 Å². The molecule has 0 bridgehead atoms. The highest BCUT2D eigenvalue weighted by molar-refractivity contribution is 7.21. The normalized spacial score (nSPS) is 11.1. The lowest BCUT2D eigenvalue weighted by atomic mass is 10.1. The number of pyridine rings is 1. The number of halogens is 4. The molecule has 0 spiro atoms. The molecule has 26 heavy (non-hydrogen) atoms. The van der Waals surface area contributed by atoms with Gasteiger partial charge in [0.15, 0.2) is 0 Å². The van der Waals surface area contributed by atoms with Gasteiger partial charge in [-0.15, -0.1) is 23.7 Å². The molecule has 0 aliphatic heterocycles. The number of ether oxygens (including phenoxy) is 1. The highest BCUT2D eigenvalue weighted by Crippen LogP contribution is 2.41. The maximum absolute atomic E-state index is 12.9. The minimum Gasteiger partial charge on any atom is -0.462 e. The van der Waals surface area contributed by atoms with Crippen LogP contribution in [-0.2, 0) is 10.9 Å². The van der Waals surface area contributed by atoms with Crippen LogP contribution in [0.2, 0.25) is 0 Å². The monoisotopic (exact) mass is 402 g/mol. The summed E-state index contributed by atoms with van der Waals surface area (Å²) < 4.78 is 44.2. The molecule has 0 amide bonds. The summed E-state index contributed by atoms with van der Waals surface area (Å²) in [5, 5.41) is 3.61. The number of hydrogen-bond donors (Lipinski definition) is 1. The van der Waals surface area contributed by atoms with Gasteiger partial charge in [-0.05, 0) is 31.2 Å². The number of hydrogen-bond acceptors (Lipinski definition) is 5. The summed E-state index contributed by atoms with van der Waals surface area (Å²) in [6, 6.07) is 6.80. The zero-order valence-electron chi connectivity index (χ0n) is 13.5.